The number of rotatable bonds is 1. The maximum atomic E-state index is 13.9. The first kappa shape index (κ1) is 13.5. The van der Waals surface area contributed by atoms with E-state index < -0.39 is 17.0 Å². The van der Waals surface area contributed by atoms with Crippen LogP contribution < -0.4 is 5.32 Å². The largest absolute Gasteiger partial charge is 0.323 e. The highest BCUT2D eigenvalue weighted by Gasteiger charge is 2.50. The third-order valence-electron chi connectivity index (χ3n) is 4.50. The molecular formula is C15H18F2N2O. The molecule has 2 aliphatic heterocycles. The number of hydrogen-bond donors (Lipinski definition) is 1. The van der Waals surface area contributed by atoms with E-state index in [0.717, 1.165) is 19.0 Å². The van der Waals surface area contributed by atoms with E-state index in [1.807, 2.05) is 0 Å². The number of piperidine rings is 1. The Morgan fingerprint density at radius 2 is 2.10 bits per heavy atom. The van der Waals surface area contributed by atoms with Gasteiger partial charge in [-0.05, 0) is 44.9 Å². The highest BCUT2D eigenvalue weighted by Crippen LogP contribution is 2.45. The van der Waals surface area contributed by atoms with Crippen LogP contribution in [0.25, 0.3) is 0 Å². The quantitative estimate of drug-likeness (QED) is 0.857. The first-order valence-electron chi connectivity index (χ1n) is 6.99. The minimum absolute atomic E-state index is 0.155. The van der Waals surface area contributed by atoms with E-state index in [1.54, 1.807) is 0 Å². The molecule has 3 nitrogen and oxygen atoms in total. The lowest BCUT2D eigenvalue weighted by Gasteiger charge is -2.41. The van der Waals surface area contributed by atoms with Gasteiger partial charge in [-0.2, -0.15) is 0 Å². The highest BCUT2D eigenvalue weighted by molar-refractivity contribution is 6.06. The summed E-state index contributed by atoms with van der Waals surface area (Å²) in [5.41, 5.74) is -0.173. The number of likely N-dealkylation sites (tertiary alicyclic amines) is 1. The van der Waals surface area contributed by atoms with E-state index in [-0.39, 0.29) is 11.6 Å². The number of carbonyl (C=O) groups excluding carboxylic acids is 1. The SMILES string of the molecule is CC(C)N1CCC[C@]2(C1)C(=O)Nc1c(F)cc(F)cc12. The summed E-state index contributed by atoms with van der Waals surface area (Å²) in [5, 5.41) is 2.61. The van der Waals surface area contributed by atoms with Crippen LogP contribution in [0.2, 0.25) is 0 Å². The number of amides is 1. The second-order valence-electron chi connectivity index (χ2n) is 6.01. The van der Waals surface area contributed by atoms with Crippen LogP contribution in [-0.4, -0.2) is 29.9 Å². The average Bonchev–Trinajstić information content (AvgIpc) is 2.65. The fourth-order valence-electron chi connectivity index (χ4n) is 3.37. The topological polar surface area (TPSA) is 32.3 Å². The number of fused-ring (bicyclic) bond motifs is 2. The molecular weight excluding hydrogens is 262 g/mol. The Hall–Kier alpha value is -1.49. The Morgan fingerprint density at radius 1 is 1.35 bits per heavy atom. The third-order valence-corrected chi connectivity index (χ3v) is 4.50. The van der Waals surface area contributed by atoms with Crippen molar-refractivity contribution in [3.05, 3.63) is 29.3 Å². The van der Waals surface area contributed by atoms with Gasteiger partial charge >= 0.3 is 0 Å². The number of nitrogens with one attached hydrogen (secondary N) is 1. The molecule has 1 fully saturated rings. The molecule has 0 aromatic heterocycles. The van der Waals surface area contributed by atoms with E-state index in [2.05, 4.69) is 24.1 Å². The zero-order valence-corrected chi connectivity index (χ0v) is 11.7. The van der Waals surface area contributed by atoms with Crippen molar-refractivity contribution >= 4 is 11.6 Å². The summed E-state index contributed by atoms with van der Waals surface area (Å²) in [4.78, 5) is 14.6. The van der Waals surface area contributed by atoms with Crippen LogP contribution in [0.5, 0.6) is 0 Å². The van der Waals surface area contributed by atoms with Gasteiger partial charge in [-0.1, -0.05) is 0 Å². The molecule has 20 heavy (non-hydrogen) atoms. The van der Waals surface area contributed by atoms with Crippen molar-refractivity contribution in [2.24, 2.45) is 0 Å². The highest BCUT2D eigenvalue weighted by atomic mass is 19.1. The first-order valence-corrected chi connectivity index (χ1v) is 6.99. The molecule has 0 bridgehead atoms. The molecule has 1 saturated heterocycles. The van der Waals surface area contributed by atoms with E-state index in [1.165, 1.54) is 6.07 Å². The second kappa shape index (κ2) is 4.52. The molecule has 0 aliphatic carbocycles. The lowest BCUT2D eigenvalue weighted by atomic mass is 9.74. The minimum atomic E-state index is -0.805. The predicted octanol–water partition coefficient (Wildman–Crippen LogP) is 2.66. The second-order valence-corrected chi connectivity index (χ2v) is 6.01. The van der Waals surface area contributed by atoms with Crippen molar-refractivity contribution in [2.75, 3.05) is 18.4 Å². The van der Waals surface area contributed by atoms with Crippen LogP contribution in [0, 0.1) is 11.6 Å². The maximum Gasteiger partial charge on any atom is 0.236 e. The summed E-state index contributed by atoms with van der Waals surface area (Å²) in [6.07, 6.45) is 1.49. The Balaban J connectivity index is 2.09. The Bertz CT molecular complexity index is 573. The fraction of sp³-hybridized carbons (Fsp3) is 0.533. The molecule has 1 atom stereocenters. The van der Waals surface area contributed by atoms with Crippen LogP contribution in [0.4, 0.5) is 14.5 Å². The van der Waals surface area contributed by atoms with E-state index >= 15 is 0 Å². The molecule has 5 heteroatoms. The summed E-state index contributed by atoms with van der Waals surface area (Å²) in [5.74, 6) is -1.52. The first-order chi connectivity index (χ1) is 9.44. The molecule has 0 saturated carbocycles. The molecule has 0 radical (unpaired) electrons. The van der Waals surface area contributed by atoms with Gasteiger partial charge in [0.05, 0.1) is 11.1 Å². The van der Waals surface area contributed by atoms with Gasteiger partial charge < -0.3 is 5.32 Å². The summed E-state index contributed by atoms with van der Waals surface area (Å²) >= 11 is 0. The van der Waals surface area contributed by atoms with Gasteiger partial charge in [0.2, 0.25) is 5.91 Å². The number of benzene rings is 1. The van der Waals surface area contributed by atoms with Crippen LogP contribution in [0.15, 0.2) is 12.1 Å². The van der Waals surface area contributed by atoms with Gasteiger partial charge in [0, 0.05) is 18.7 Å². The normalized spacial score (nSPS) is 26.1. The molecule has 3 rings (SSSR count). The molecule has 0 unspecified atom stereocenters. The lowest BCUT2D eigenvalue weighted by Crippen LogP contribution is -2.52. The summed E-state index contributed by atoms with van der Waals surface area (Å²) in [6.45, 7) is 5.57. The number of carbonyl (C=O) groups is 1. The van der Waals surface area contributed by atoms with Crippen molar-refractivity contribution in [3.8, 4) is 0 Å². The molecule has 1 N–H and O–H groups in total. The van der Waals surface area contributed by atoms with Crippen LogP contribution >= 0.6 is 0 Å². The molecule has 108 valence electrons. The van der Waals surface area contributed by atoms with Crippen LogP contribution in [-0.2, 0) is 10.2 Å². The zero-order valence-electron chi connectivity index (χ0n) is 11.7. The van der Waals surface area contributed by atoms with Crippen molar-refractivity contribution in [2.45, 2.75) is 38.1 Å². The Morgan fingerprint density at radius 3 is 2.80 bits per heavy atom. The lowest BCUT2D eigenvalue weighted by molar-refractivity contribution is -0.123. The number of hydrogen-bond acceptors (Lipinski definition) is 2. The van der Waals surface area contributed by atoms with Gasteiger partial charge in [0.25, 0.3) is 0 Å². The van der Waals surface area contributed by atoms with E-state index in [4.69, 9.17) is 0 Å². The minimum Gasteiger partial charge on any atom is -0.323 e. The number of nitrogens with zero attached hydrogens (tertiary/aromatic N) is 1. The Labute approximate surface area is 117 Å². The maximum absolute atomic E-state index is 13.9. The molecule has 1 amide bonds. The van der Waals surface area contributed by atoms with Gasteiger partial charge in [-0.15, -0.1) is 0 Å². The van der Waals surface area contributed by atoms with Gasteiger partial charge in [-0.3, -0.25) is 9.69 Å². The number of halogens is 2. The fourth-order valence-corrected chi connectivity index (χ4v) is 3.37. The molecule has 1 aromatic rings. The van der Waals surface area contributed by atoms with Gasteiger partial charge in [0.1, 0.15) is 11.6 Å². The van der Waals surface area contributed by atoms with Crippen molar-refractivity contribution in [3.63, 3.8) is 0 Å². The van der Waals surface area contributed by atoms with Crippen molar-refractivity contribution in [1.82, 2.24) is 4.90 Å². The summed E-state index contributed by atoms with van der Waals surface area (Å²) < 4.78 is 27.4. The van der Waals surface area contributed by atoms with Gasteiger partial charge in [0.15, 0.2) is 0 Å². The summed E-state index contributed by atoms with van der Waals surface area (Å²) in [7, 11) is 0. The standard InChI is InChI=1S/C15H18F2N2O/c1-9(2)19-5-3-4-15(8-19)11-6-10(16)7-12(17)13(11)18-14(15)20/h6-7,9H,3-5,8H2,1-2H3,(H,18,20)/t15-/m1/s1. The molecule has 1 spiro atoms. The number of anilines is 1. The average molecular weight is 280 g/mol. The third kappa shape index (κ3) is 1.84. The van der Waals surface area contributed by atoms with E-state index in [0.29, 0.717) is 24.6 Å². The predicted molar refractivity (Wildman–Crippen MR) is 72.6 cm³/mol. The van der Waals surface area contributed by atoms with E-state index in [9.17, 15) is 13.6 Å². The monoisotopic (exact) mass is 280 g/mol. The van der Waals surface area contributed by atoms with Gasteiger partial charge in [-0.25, -0.2) is 8.78 Å². The molecule has 2 aliphatic rings. The van der Waals surface area contributed by atoms with Crippen LogP contribution in [0.1, 0.15) is 32.3 Å². The molecule has 2 heterocycles. The molecule has 1 aromatic carbocycles. The zero-order chi connectivity index (χ0) is 14.5. The van der Waals surface area contributed by atoms with Crippen molar-refractivity contribution < 1.29 is 13.6 Å². The van der Waals surface area contributed by atoms with Crippen LogP contribution in [0.3, 0.4) is 0 Å². The summed E-state index contributed by atoms with van der Waals surface area (Å²) in [6, 6.07) is 2.43. The van der Waals surface area contributed by atoms with Crippen molar-refractivity contribution in [1.29, 1.82) is 0 Å². The smallest absolute Gasteiger partial charge is 0.236 e. The Kier molecular flexibility index (Phi) is 3.05.